The van der Waals surface area contributed by atoms with E-state index < -0.39 is 6.09 Å². The van der Waals surface area contributed by atoms with Crippen LogP contribution in [0.1, 0.15) is 50.0 Å². The number of phenolic OH excluding ortho intramolecular Hbond substituents is 1. The molecule has 0 bridgehead atoms. The molecule has 0 radical (unpaired) electrons. The predicted molar refractivity (Wildman–Crippen MR) is 191 cm³/mol. The first kappa shape index (κ1) is 33.1. The maximum Gasteiger partial charge on any atom is 0.411 e. The number of rotatable bonds is 8. The van der Waals surface area contributed by atoms with Gasteiger partial charge in [-0.2, -0.15) is 0 Å². The van der Waals surface area contributed by atoms with Crippen LogP contribution in [-0.2, 0) is 26.4 Å². The lowest BCUT2D eigenvalue weighted by Crippen LogP contribution is -2.42. The number of hydrogen-bond acceptors (Lipinski definition) is 4. The van der Waals surface area contributed by atoms with Crippen LogP contribution in [0.25, 0.3) is 11.3 Å². The molecule has 6 rings (SSSR count). The van der Waals surface area contributed by atoms with Crippen LogP contribution < -0.4 is 9.80 Å². The molecule has 1 atom stereocenters. The molecule has 250 valence electrons. The Morgan fingerprint density at radius 3 is 2.20 bits per heavy atom. The standard InChI is InChI=1S/C40H40N4O5/c1-26-22-29-10-8-9-11-30(29)25-44(26)39(47)34-19-14-28(20-21-43(40(48)49)32-12-6-5-7-13-32)23-36(34)37-24-35(27(2)41(37)3)38(46)42(4)31-15-17-33(45)18-16-31/h5-19,23-24,26,45H,20-22,25H2,1-4H3,(H,48,49)/t26-/m1/s1. The minimum atomic E-state index is -1.04. The summed E-state index contributed by atoms with van der Waals surface area (Å²) in [6, 6.07) is 31.1. The van der Waals surface area contributed by atoms with Crippen molar-refractivity contribution in [2.24, 2.45) is 7.05 Å². The monoisotopic (exact) mass is 656 g/mol. The molecule has 9 nitrogen and oxygen atoms in total. The molecule has 0 saturated carbocycles. The quantitative estimate of drug-likeness (QED) is 0.182. The van der Waals surface area contributed by atoms with E-state index in [1.54, 1.807) is 43.4 Å². The number of carbonyl (C=O) groups is 3. The summed E-state index contributed by atoms with van der Waals surface area (Å²) in [7, 11) is 3.57. The second-order valence-electron chi connectivity index (χ2n) is 12.6. The number of phenols is 1. The highest BCUT2D eigenvalue weighted by molar-refractivity contribution is 6.08. The van der Waals surface area contributed by atoms with Crippen LogP contribution >= 0.6 is 0 Å². The molecule has 0 saturated heterocycles. The number of aromatic hydroxyl groups is 1. The van der Waals surface area contributed by atoms with Gasteiger partial charge in [-0.15, -0.1) is 0 Å². The largest absolute Gasteiger partial charge is 0.508 e. The van der Waals surface area contributed by atoms with Crippen molar-refractivity contribution in [3.05, 3.63) is 137 Å². The zero-order valence-corrected chi connectivity index (χ0v) is 28.1. The summed E-state index contributed by atoms with van der Waals surface area (Å²) in [5.74, 6) is -0.218. The molecule has 0 unspecified atom stereocenters. The molecule has 0 spiro atoms. The average Bonchev–Trinajstić information content (AvgIpc) is 3.40. The SMILES string of the molecule is Cc1c(C(=O)N(C)c2ccc(O)cc2)cc(-c2cc(CCN(C(=O)O)c3ccccc3)ccc2C(=O)N2Cc3ccccc3C[C@H]2C)n1C. The van der Waals surface area contributed by atoms with Gasteiger partial charge in [0.15, 0.2) is 0 Å². The Labute approximate surface area is 286 Å². The number of carboxylic acid groups (broad SMARTS) is 1. The second-order valence-corrected chi connectivity index (χ2v) is 12.6. The van der Waals surface area contributed by atoms with Crippen LogP contribution in [0.2, 0.25) is 0 Å². The van der Waals surface area contributed by atoms with Gasteiger partial charge in [0.2, 0.25) is 0 Å². The van der Waals surface area contributed by atoms with Gasteiger partial charge in [-0.05, 0) is 98.0 Å². The van der Waals surface area contributed by atoms with Crippen LogP contribution in [-0.4, -0.2) is 57.2 Å². The molecular weight excluding hydrogens is 616 g/mol. The van der Waals surface area contributed by atoms with Crippen molar-refractivity contribution in [2.75, 3.05) is 23.4 Å². The Morgan fingerprint density at radius 1 is 0.837 bits per heavy atom. The van der Waals surface area contributed by atoms with E-state index in [-0.39, 0.29) is 30.2 Å². The average molecular weight is 657 g/mol. The Hall–Kier alpha value is -5.83. The molecule has 1 aromatic heterocycles. The molecule has 49 heavy (non-hydrogen) atoms. The van der Waals surface area contributed by atoms with Gasteiger partial charge in [-0.25, -0.2) is 4.79 Å². The van der Waals surface area contributed by atoms with Crippen LogP contribution in [0.15, 0.2) is 103 Å². The lowest BCUT2D eigenvalue weighted by atomic mass is 9.92. The van der Waals surface area contributed by atoms with E-state index >= 15 is 0 Å². The second kappa shape index (κ2) is 13.7. The van der Waals surface area contributed by atoms with Gasteiger partial charge < -0.3 is 24.6 Å². The molecule has 3 amide bonds. The molecule has 1 aliphatic heterocycles. The van der Waals surface area contributed by atoms with Gasteiger partial charge in [0.1, 0.15) is 5.75 Å². The van der Waals surface area contributed by atoms with Crippen molar-refractivity contribution >= 4 is 29.3 Å². The van der Waals surface area contributed by atoms with E-state index in [4.69, 9.17) is 0 Å². The van der Waals surface area contributed by atoms with Crippen molar-refractivity contribution in [3.63, 3.8) is 0 Å². The summed E-state index contributed by atoms with van der Waals surface area (Å²) >= 11 is 0. The topological polar surface area (TPSA) is 106 Å². The summed E-state index contributed by atoms with van der Waals surface area (Å²) < 4.78 is 1.93. The van der Waals surface area contributed by atoms with Gasteiger partial charge in [0.05, 0.1) is 5.56 Å². The number of hydrogen-bond donors (Lipinski definition) is 2. The third-order valence-corrected chi connectivity index (χ3v) is 9.59. The molecule has 2 N–H and O–H groups in total. The number of carbonyl (C=O) groups excluding carboxylic acids is 2. The fraction of sp³-hybridized carbons (Fsp3) is 0.225. The van der Waals surface area contributed by atoms with Gasteiger partial charge in [0, 0.05) is 67.1 Å². The van der Waals surface area contributed by atoms with Crippen molar-refractivity contribution in [1.82, 2.24) is 9.47 Å². The minimum Gasteiger partial charge on any atom is -0.508 e. The maximum atomic E-state index is 14.5. The Bertz CT molecular complexity index is 2020. The third-order valence-electron chi connectivity index (χ3n) is 9.59. The van der Waals surface area contributed by atoms with E-state index in [9.17, 15) is 24.6 Å². The van der Waals surface area contributed by atoms with Crippen molar-refractivity contribution in [1.29, 1.82) is 0 Å². The Morgan fingerprint density at radius 2 is 1.51 bits per heavy atom. The van der Waals surface area contributed by atoms with E-state index in [2.05, 4.69) is 19.1 Å². The van der Waals surface area contributed by atoms with Gasteiger partial charge in [-0.3, -0.25) is 14.5 Å². The maximum absolute atomic E-state index is 14.5. The van der Waals surface area contributed by atoms with Gasteiger partial charge in [0.25, 0.3) is 11.8 Å². The fourth-order valence-electron chi connectivity index (χ4n) is 6.58. The number of anilines is 2. The molecule has 0 fully saturated rings. The summed E-state index contributed by atoms with van der Waals surface area (Å²) in [5, 5.41) is 19.7. The zero-order valence-electron chi connectivity index (χ0n) is 28.1. The molecule has 5 aromatic rings. The minimum absolute atomic E-state index is 0.0174. The first-order valence-corrected chi connectivity index (χ1v) is 16.3. The molecule has 2 heterocycles. The van der Waals surface area contributed by atoms with Gasteiger partial charge in [-0.1, -0.05) is 48.5 Å². The van der Waals surface area contributed by atoms with E-state index in [1.165, 1.54) is 27.5 Å². The first-order chi connectivity index (χ1) is 23.5. The molecular formula is C40H40N4O5. The number of fused-ring (bicyclic) bond motifs is 1. The van der Waals surface area contributed by atoms with Gasteiger partial charge >= 0.3 is 6.09 Å². The van der Waals surface area contributed by atoms with Crippen molar-refractivity contribution in [3.8, 4) is 17.0 Å². The fourth-order valence-corrected chi connectivity index (χ4v) is 6.58. The highest BCUT2D eigenvalue weighted by atomic mass is 16.4. The van der Waals surface area contributed by atoms with E-state index in [1.807, 2.05) is 65.9 Å². The summed E-state index contributed by atoms with van der Waals surface area (Å²) in [6.07, 6.45) is 0.122. The normalized spacial score (nSPS) is 13.9. The number of nitrogens with zero attached hydrogens (tertiary/aromatic N) is 4. The van der Waals surface area contributed by atoms with E-state index in [0.29, 0.717) is 46.7 Å². The number of para-hydroxylation sites is 1. The van der Waals surface area contributed by atoms with Crippen LogP contribution in [0.5, 0.6) is 5.75 Å². The van der Waals surface area contributed by atoms with E-state index in [0.717, 1.165) is 23.2 Å². The Balaban J connectivity index is 1.39. The first-order valence-electron chi connectivity index (χ1n) is 16.3. The van der Waals surface area contributed by atoms with Crippen LogP contribution in [0.3, 0.4) is 0 Å². The molecule has 9 heteroatoms. The van der Waals surface area contributed by atoms with Crippen LogP contribution in [0, 0.1) is 6.92 Å². The molecule has 0 aliphatic carbocycles. The summed E-state index contributed by atoms with van der Waals surface area (Å²) in [4.78, 5) is 45.2. The number of amides is 3. The lowest BCUT2D eigenvalue weighted by Gasteiger charge is -2.35. The summed E-state index contributed by atoms with van der Waals surface area (Å²) in [5.41, 5.74) is 7.55. The predicted octanol–water partition coefficient (Wildman–Crippen LogP) is 7.30. The van der Waals surface area contributed by atoms with Crippen LogP contribution in [0.4, 0.5) is 16.2 Å². The molecule has 4 aromatic carbocycles. The third kappa shape index (κ3) is 6.65. The Kier molecular flexibility index (Phi) is 9.27. The highest BCUT2D eigenvalue weighted by Crippen LogP contribution is 2.33. The highest BCUT2D eigenvalue weighted by Gasteiger charge is 2.30. The zero-order chi connectivity index (χ0) is 34.8. The lowest BCUT2D eigenvalue weighted by molar-refractivity contribution is 0.0659. The number of benzene rings is 4. The smallest absolute Gasteiger partial charge is 0.411 e. The molecule has 1 aliphatic rings. The van der Waals surface area contributed by atoms with Crippen molar-refractivity contribution in [2.45, 2.75) is 39.3 Å². The number of aromatic nitrogens is 1. The summed E-state index contributed by atoms with van der Waals surface area (Å²) in [6.45, 7) is 4.66. The van der Waals surface area contributed by atoms with Crippen molar-refractivity contribution < 1.29 is 24.6 Å².